The lowest BCUT2D eigenvalue weighted by Crippen LogP contribution is -2.18. The molecule has 0 saturated carbocycles. The summed E-state index contributed by atoms with van der Waals surface area (Å²) in [7, 11) is 1.77. The average molecular weight is 301 g/mol. The Morgan fingerprint density at radius 2 is 2.05 bits per heavy atom. The maximum Gasteiger partial charge on any atom is 0.416 e. The molecule has 0 atom stereocenters. The highest BCUT2D eigenvalue weighted by atomic mass is 32.1. The van der Waals surface area contributed by atoms with Gasteiger partial charge in [0.2, 0.25) is 0 Å². The van der Waals surface area contributed by atoms with E-state index in [1.807, 2.05) is 12.3 Å². The first-order valence-electron chi connectivity index (χ1n) is 5.86. The highest BCUT2D eigenvalue weighted by Gasteiger charge is 2.31. The van der Waals surface area contributed by atoms with Crippen LogP contribution in [0.5, 0.6) is 0 Å². The van der Waals surface area contributed by atoms with Crippen molar-refractivity contribution >= 4 is 22.7 Å². The molecule has 3 nitrogen and oxygen atoms in total. The lowest BCUT2D eigenvalue weighted by Gasteiger charge is -2.21. The van der Waals surface area contributed by atoms with Crippen LogP contribution in [0, 0.1) is 6.92 Å². The van der Waals surface area contributed by atoms with E-state index >= 15 is 0 Å². The van der Waals surface area contributed by atoms with E-state index in [1.165, 1.54) is 17.4 Å². The number of hydrogen-bond acceptors (Lipinski definition) is 4. The van der Waals surface area contributed by atoms with Crippen molar-refractivity contribution in [3.05, 3.63) is 39.8 Å². The van der Waals surface area contributed by atoms with Gasteiger partial charge in [-0.2, -0.15) is 13.2 Å². The van der Waals surface area contributed by atoms with Gasteiger partial charge in [0.25, 0.3) is 0 Å². The van der Waals surface area contributed by atoms with Gasteiger partial charge in [0.15, 0.2) is 0 Å². The number of aryl methyl sites for hydroxylation is 1. The topological polar surface area (TPSA) is 42.2 Å². The summed E-state index contributed by atoms with van der Waals surface area (Å²) in [4.78, 5) is 6.10. The number of nitrogen functional groups attached to an aromatic ring is 1. The Morgan fingerprint density at radius 3 is 2.55 bits per heavy atom. The molecular formula is C13H14F3N3S. The summed E-state index contributed by atoms with van der Waals surface area (Å²) in [5, 5.41) is 2.88. The van der Waals surface area contributed by atoms with Gasteiger partial charge in [-0.25, -0.2) is 4.98 Å². The molecule has 0 spiro atoms. The van der Waals surface area contributed by atoms with Crippen molar-refractivity contribution in [2.75, 3.05) is 17.7 Å². The monoisotopic (exact) mass is 301 g/mol. The van der Waals surface area contributed by atoms with Crippen LogP contribution in [0.15, 0.2) is 23.6 Å². The van der Waals surface area contributed by atoms with E-state index in [4.69, 9.17) is 5.73 Å². The van der Waals surface area contributed by atoms with Gasteiger partial charge < -0.3 is 10.6 Å². The van der Waals surface area contributed by atoms with E-state index in [1.54, 1.807) is 11.9 Å². The van der Waals surface area contributed by atoms with Crippen LogP contribution in [0.3, 0.4) is 0 Å². The quantitative estimate of drug-likeness (QED) is 0.879. The number of thiazole rings is 1. The first-order chi connectivity index (χ1) is 9.27. The number of aromatic nitrogens is 1. The van der Waals surface area contributed by atoms with Gasteiger partial charge >= 0.3 is 6.18 Å². The zero-order valence-corrected chi connectivity index (χ0v) is 11.8. The Hall–Kier alpha value is -1.76. The Labute approximate surface area is 118 Å². The van der Waals surface area contributed by atoms with E-state index in [2.05, 4.69) is 4.98 Å². The van der Waals surface area contributed by atoms with Crippen molar-refractivity contribution < 1.29 is 13.2 Å². The second-order valence-electron chi connectivity index (χ2n) is 4.49. The Morgan fingerprint density at radius 1 is 1.35 bits per heavy atom. The maximum absolute atomic E-state index is 12.6. The van der Waals surface area contributed by atoms with Crippen LogP contribution in [-0.2, 0) is 12.7 Å². The number of hydrogen-bond donors (Lipinski definition) is 1. The Kier molecular flexibility index (Phi) is 3.89. The molecule has 1 aromatic carbocycles. The van der Waals surface area contributed by atoms with Gasteiger partial charge in [-0.3, -0.25) is 0 Å². The summed E-state index contributed by atoms with van der Waals surface area (Å²) in [5.74, 6) is 0. The Balaban J connectivity index is 2.20. The van der Waals surface area contributed by atoms with Gasteiger partial charge in [0, 0.05) is 12.4 Å². The molecule has 0 amide bonds. The first-order valence-corrected chi connectivity index (χ1v) is 6.74. The van der Waals surface area contributed by atoms with Crippen LogP contribution in [-0.4, -0.2) is 12.0 Å². The summed E-state index contributed by atoms with van der Waals surface area (Å²) in [6.45, 7) is 2.40. The summed E-state index contributed by atoms with van der Waals surface area (Å²) in [5.41, 5.74) is 6.51. The molecule has 0 radical (unpaired) electrons. The first kappa shape index (κ1) is 14.6. The van der Waals surface area contributed by atoms with Gasteiger partial charge in [-0.05, 0) is 25.1 Å². The fourth-order valence-corrected chi connectivity index (χ4v) is 2.49. The molecule has 108 valence electrons. The predicted octanol–water partition coefficient (Wildman–Crippen LogP) is 3.69. The highest BCUT2D eigenvalue weighted by Crippen LogP contribution is 2.34. The van der Waals surface area contributed by atoms with E-state index in [0.29, 0.717) is 12.2 Å². The van der Waals surface area contributed by atoms with Crippen LogP contribution in [0.1, 0.15) is 16.3 Å². The van der Waals surface area contributed by atoms with Gasteiger partial charge in [-0.1, -0.05) is 0 Å². The van der Waals surface area contributed by atoms with E-state index in [-0.39, 0.29) is 5.69 Å². The van der Waals surface area contributed by atoms with Gasteiger partial charge in [-0.15, -0.1) is 11.3 Å². The molecule has 0 aliphatic rings. The molecule has 7 heteroatoms. The Bertz CT molecular complexity index is 607. The number of anilines is 2. The van der Waals surface area contributed by atoms with Crippen molar-refractivity contribution in [2.24, 2.45) is 0 Å². The molecule has 0 aliphatic heterocycles. The fraction of sp³-hybridized carbons (Fsp3) is 0.308. The number of halogens is 3. The van der Waals surface area contributed by atoms with Crippen LogP contribution >= 0.6 is 11.3 Å². The van der Waals surface area contributed by atoms with Crippen molar-refractivity contribution in [1.82, 2.24) is 4.98 Å². The third-order valence-corrected chi connectivity index (χ3v) is 3.65. The van der Waals surface area contributed by atoms with Crippen LogP contribution in [0.2, 0.25) is 0 Å². The smallest absolute Gasteiger partial charge is 0.397 e. The predicted molar refractivity (Wildman–Crippen MR) is 74.8 cm³/mol. The third-order valence-electron chi connectivity index (χ3n) is 2.83. The molecule has 20 heavy (non-hydrogen) atoms. The van der Waals surface area contributed by atoms with Crippen LogP contribution < -0.4 is 10.6 Å². The third kappa shape index (κ3) is 3.22. The summed E-state index contributed by atoms with van der Waals surface area (Å²) >= 11 is 1.53. The molecule has 0 saturated heterocycles. The lowest BCUT2D eigenvalue weighted by molar-refractivity contribution is -0.137. The van der Waals surface area contributed by atoms with Gasteiger partial charge in [0.1, 0.15) is 0 Å². The zero-order valence-electron chi connectivity index (χ0n) is 11.0. The summed E-state index contributed by atoms with van der Waals surface area (Å²) in [6, 6.07) is 3.38. The maximum atomic E-state index is 12.6. The summed E-state index contributed by atoms with van der Waals surface area (Å²) in [6.07, 6.45) is -4.38. The second kappa shape index (κ2) is 5.32. The fourth-order valence-electron chi connectivity index (χ4n) is 1.89. The molecule has 2 N–H and O–H groups in total. The number of rotatable bonds is 3. The standard InChI is InChI=1S/C13H14F3N3S/c1-8-18-10(7-20-8)6-19(2)12-4-3-9(5-11(12)17)13(14,15)16/h3-5,7H,6,17H2,1-2H3. The number of nitrogens with two attached hydrogens (primary N) is 1. The summed E-state index contributed by atoms with van der Waals surface area (Å²) < 4.78 is 37.7. The number of nitrogens with zero attached hydrogens (tertiary/aromatic N) is 2. The van der Waals surface area contributed by atoms with E-state index < -0.39 is 11.7 Å². The molecule has 0 unspecified atom stereocenters. The second-order valence-corrected chi connectivity index (χ2v) is 5.55. The van der Waals surface area contributed by atoms with E-state index in [0.717, 1.165) is 22.8 Å². The molecule has 2 aromatic rings. The van der Waals surface area contributed by atoms with Crippen LogP contribution in [0.4, 0.5) is 24.5 Å². The molecule has 1 aromatic heterocycles. The number of benzene rings is 1. The molecule has 1 heterocycles. The molecule has 0 fully saturated rings. The molecular weight excluding hydrogens is 287 g/mol. The molecule has 0 bridgehead atoms. The molecule has 0 aliphatic carbocycles. The van der Waals surface area contributed by atoms with Crippen LogP contribution in [0.25, 0.3) is 0 Å². The minimum Gasteiger partial charge on any atom is -0.397 e. The van der Waals surface area contributed by atoms with E-state index in [9.17, 15) is 13.2 Å². The van der Waals surface area contributed by atoms with Crippen molar-refractivity contribution in [3.8, 4) is 0 Å². The number of alkyl halides is 3. The minimum absolute atomic E-state index is 0.106. The SMILES string of the molecule is Cc1nc(CN(C)c2ccc(C(F)(F)F)cc2N)cs1. The van der Waals surface area contributed by atoms with Crippen molar-refractivity contribution in [3.63, 3.8) is 0 Å². The minimum atomic E-state index is -4.38. The van der Waals surface area contributed by atoms with Crippen molar-refractivity contribution in [2.45, 2.75) is 19.6 Å². The van der Waals surface area contributed by atoms with Crippen molar-refractivity contribution in [1.29, 1.82) is 0 Å². The lowest BCUT2D eigenvalue weighted by atomic mass is 10.1. The molecule has 2 rings (SSSR count). The normalized spacial score (nSPS) is 11.7. The highest BCUT2D eigenvalue weighted by molar-refractivity contribution is 7.09. The zero-order chi connectivity index (χ0) is 14.9. The largest absolute Gasteiger partial charge is 0.416 e. The van der Waals surface area contributed by atoms with Gasteiger partial charge in [0.05, 0.1) is 34.2 Å². The average Bonchev–Trinajstić information content (AvgIpc) is 2.73.